The van der Waals surface area contributed by atoms with Crippen LogP contribution in [-0.2, 0) is 0 Å². The average molecular weight is 283 g/mol. The van der Waals surface area contributed by atoms with Crippen LogP contribution in [-0.4, -0.2) is 23.7 Å². The molecule has 19 heavy (non-hydrogen) atoms. The Hall–Kier alpha value is -1.75. The van der Waals surface area contributed by atoms with Crippen LogP contribution in [0.2, 0.25) is 5.02 Å². The third-order valence-electron chi connectivity index (χ3n) is 3.27. The first kappa shape index (κ1) is 13.7. The lowest BCUT2D eigenvalue weighted by Gasteiger charge is -2.09. The minimum Gasteiger partial charge on any atom is -0.478 e. The summed E-state index contributed by atoms with van der Waals surface area (Å²) in [6.45, 7) is 2.80. The number of carboxylic acid groups (broad SMARTS) is 1. The van der Waals surface area contributed by atoms with Crippen LogP contribution in [0.4, 0.5) is 10.5 Å². The number of nitrogens with one attached hydrogen (secondary N) is 2. The molecule has 0 spiro atoms. The standard InChI is InChI=1S/C13H15ClN2O3/c1-7-4-9(7)6-15-13(19)16-11-3-2-8(12(17)18)5-10(11)14/h2-3,5,7,9H,4,6H2,1H3,(H,17,18)(H2,15,16,19). The van der Waals surface area contributed by atoms with Crippen molar-refractivity contribution in [2.75, 3.05) is 11.9 Å². The monoisotopic (exact) mass is 282 g/mol. The Morgan fingerprint density at radius 3 is 2.68 bits per heavy atom. The van der Waals surface area contributed by atoms with Crippen molar-refractivity contribution in [2.24, 2.45) is 11.8 Å². The molecule has 6 heteroatoms. The smallest absolute Gasteiger partial charge is 0.335 e. The molecule has 3 N–H and O–H groups in total. The highest BCUT2D eigenvalue weighted by molar-refractivity contribution is 6.34. The Morgan fingerprint density at radius 1 is 1.47 bits per heavy atom. The summed E-state index contributed by atoms with van der Waals surface area (Å²) in [5, 5.41) is 14.4. The lowest BCUT2D eigenvalue weighted by atomic mass is 10.2. The lowest BCUT2D eigenvalue weighted by Crippen LogP contribution is -2.30. The number of halogens is 1. The molecule has 0 aliphatic heterocycles. The van der Waals surface area contributed by atoms with Crippen LogP contribution < -0.4 is 10.6 Å². The first-order valence-electron chi connectivity index (χ1n) is 6.05. The maximum Gasteiger partial charge on any atom is 0.335 e. The van der Waals surface area contributed by atoms with E-state index in [0.717, 1.165) is 6.42 Å². The number of carbonyl (C=O) groups is 2. The van der Waals surface area contributed by atoms with E-state index < -0.39 is 5.97 Å². The zero-order valence-electron chi connectivity index (χ0n) is 10.4. The molecule has 1 saturated carbocycles. The number of anilines is 1. The van der Waals surface area contributed by atoms with Gasteiger partial charge in [-0.2, -0.15) is 0 Å². The maximum absolute atomic E-state index is 11.6. The highest BCUT2D eigenvalue weighted by Crippen LogP contribution is 2.36. The predicted molar refractivity (Wildman–Crippen MR) is 72.7 cm³/mol. The van der Waals surface area contributed by atoms with Crippen LogP contribution in [0.15, 0.2) is 18.2 Å². The normalized spacial score (nSPS) is 20.7. The third-order valence-corrected chi connectivity index (χ3v) is 3.58. The van der Waals surface area contributed by atoms with Gasteiger partial charge in [0, 0.05) is 6.54 Å². The van der Waals surface area contributed by atoms with Gasteiger partial charge in [0.05, 0.1) is 16.3 Å². The van der Waals surface area contributed by atoms with Gasteiger partial charge in [0.25, 0.3) is 0 Å². The summed E-state index contributed by atoms with van der Waals surface area (Å²) in [5.41, 5.74) is 0.482. The number of carboxylic acids is 1. The van der Waals surface area contributed by atoms with Crippen molar-refractivity contribution in [3.05, 3.63) is 28.8 Å². The van der Waals surface area contributed by atoms with Crippen LogP contribution in [0.5, 0.6) is 0 Å². The number of urea groups is 1. The molecule has 2 rings (SSSR count). The van der Waals surface area contributed by atoms with E-state index in [4.69, 9.17) is 16.7 Å². The Morgan fingerprint density at radius 2 is 2.16 bits per heavy atom. The summed E-state index contributed by atoms with van der Waals surface area (Å²) < 4.78 is 0. The molecule has 0 bridgehead atoms. The van der Waals surface area contributed by atoms with E-state index in [1.807, 2.05) is 0 Å². The van der Waals surface area contributed by atoms with Crippen molar-refractivity contribution >= 4 is 29.3 Å². The van der Waals surface area contributed by atoms with E-state index in [-0.39, 0.29) is 16.6 Å². The molecule has 2 atom stereocenters. The van der Waals surface area contributed by atoms with Gasteiger partial charge in [0.1, 0.15) is 0 Å². The first-order valence-corrected chi connectivity index (χ1v) is 6.43. The highest BCUT2D eigenvalue weighted by Gasteiger charge is 2.32. The summed E-state index contributed by atoms with van der Waals surface area (Å²) in [6.07, 6.45) is 1.15. The van der Waals surface area contributed by atoms with Crippen molar-refractivity contribution in [1.29, 1.82) is 0 Å². The molecule has 1 aromatic carbocycles. The molecule has 1 aliphatic rings. The van der Waals surface area contributed by atoms with Crippen LogP contribution in [0.25, 0.3) is 0 Å². The van der Waals surface area contributed by atoms with Crippen molar-refractivity contribution in [2.45, 2.75) is 13.3 Å². The second-order valence-corrected chi connectivity index (χ2v) is 5.22. The average Bonchev–Trinajstić information content (AvgIpc) is 3.05. The molecule has 102 valence electrons. The Balaban J connectivity index is 1.91. The second kappa shape index (κ2) is 5.48. The van der Waals surface area contributed by atoms with Gasteiger partial charge >= 0.3 is 12.0 Å². The maximum atomic E-state index is 11.6. The van der Waals surface area contributed by atoms with Crippen molar-refractivity contribution in [3.8, 4) is 0 Å². The number of hydrogen-bond donors (Lipinski definition) is 3. The van der Waals surface area contributed by atoms with E-state index >= 15 is 0 Å². The van der Waals surface area contributed by atoms with E-state index in [1.54, 1.807) is 0 Å². The van der Waals surface area contributed by atoms with Gasteiger partial charge in [-0.05, 0) is 36.5 Å². The fourth-order valence-electron chi connectivity index (χ4n) is 1.82. The molecule has 5 nitrogen and oxygen atoms in total. The van der Waals surface area contributed by atoms with E-state index in [2.05, 4.69) is 17.6 Å². The van der Waals surface area contributed by atoms with Gasteiger partial charge in [0.15, 0.2) is 0 Å². The summed E-state index contributed by atoms with van der Waals surface area (Å²) in [7, 11) is 0. The molecule has 0 aromatic heterocycles. The first-order chi connectivity index (χ1) is 8.97. The number of carbonyl (C=O) groups excluding carboxylic acids is 1. The fourth-order valence-corrected chi connectivity index (χ4v) is 2.05. The molecular formula is C13H15ClN2O3. The lowest BCUT2D eigenvalue weighted by molar-refractivity contribution is 0.0697. The largest absolute Gasteiger partial charge is 0.478 e. The van der Waals surface area contributed by atoms with Gasteiger partial charge < -0.3 is 15.7 Å². The van der Waals surface area contributed by atoms with Crippen LogP contribution in [0.1, 0.15) is 23.7 Å². The van der Waals surface area contributed by atoms with Crippen molar-refractivity contribution in [3.63, 3.8) is 0 Å². The summed E-state index contributed by atoms with van der Waals surface area (Å²) in [5.74, 6) is 0.190. The minimum atomic E-state index is -1.05. The number of rotatable bonds is 4. The molecule has 1 fully saturated rings. The molecule has 2 amide bonds. The van der Waals surface area contributed by atoms with E-state index in [0.29, 0.717) is 24.1 Å². The molecule has 2 unspecified atom stereocenters. The third kappa shape index (κ3) is 3.61. The molecule has 0 radical (unpaired) electrons. The van der Waals surface area contributed by atoms with Gasteiger partial charge in [-0.1, -0.05) is 18.5 Å². The van der Waals surface area contributed by atoms with E-state index in [1.165, 1.54) is 18.2 Å². The number of hydrogen-bond acceptors (Lipinski definition) is 2. The molecule has 1 aromatic rings. The molecule has 0 heterocycles. The fraction of sp³-hybridized carbons (Fsp3) is 0.385. The minimum absolute atomic E-state index is 0.0859. The predicted octanol–water partition coefficient (Wildman–Crippen LogP) is 2.82. The van der Waals surface area contributed by atoms with Crippen LogP contribution in [0, 0.1) is 11.8 Å². The Bertz CT molecular complexity index is 519. The Kier molecular flexibility index (Phi) is 3.95. The summed E-state index contributed by atoms with van der Waals surface area (Å²) in [6, 6.07) is 3.85. The van der Waals surface area contributed by atoms with Gasteiger partial charge in [-0.15, -0.1) is 0 Å². The van der Waals surface area contributed by atoms with Gasteiger partial charge in [-0.3, -0.25) is 0 Å². The van der Waals surface area contributed by atoms with Crippen LogP contribution >= 0.6 is 11.6 Å². The summed E-state index contributed by atoms with van der Waals surface area (Å²) in [4.78, 5) is 22.4. The topological polar surface area (TPSA) is 78.4 Å². The van der Waals surface area contributed by atoms with Crippen LogP contribution in [0.3, 0.4) is 0 Å². The summed E-state index contributed by atoms with van der Waals surface area (Å²) >= 11 is 5.91. The second-order valence-electron chi connectivity index (χ2n) is 4.81. The quantitative estimate of drug-likeness (QED) is 0.794. The van der Waals surface area contributed by atoms with Crippen molar-refractivity contribution in [1.82, 2.24) is 5.32 Å². The molecule has 1 aliphatic carbocycles. The van der Waals surface area contributed by atoms with Gasteiger partial charge in [-0.25, -0.2) is 9.59 Å². The SMILES string of the molecule is CC1CC1CNC(=O)Nc1ccc(C(=O)O)cc1Cl. The zero-order chi connectivity index (χ0) is 14.0. The van der Waals surface area contributed by atoms with E-state index in [9.17, 15) is 9.59 Å². The molecular weight excluding hydrogens is 268 g/mol. The number of aromatic carboxylic acids is 1. The Labute approximate surface area is 116 Å². The number of amides is 2. The number of benzene rings is 1. The van der Waals surface area contributed by atoms with Crippen molar-refractivity contribution < 1.29 is 14.7 Å². The zero-order valence-corrected chi connectivity index (χ0v) is 11.2. The molecule has 0 saturated heterocycles. The highest BCUT2D eigenvalue weighted by atomic mass is 35.5. The van der Waals surface area contributed by atoms with Gasteiger partial charge in [0.2, 0.25) is 0 Å².